The zero-order chi connectivity index (χ0) is 19.7. The number of rotatable bonds is 5. The molecule has 0 aliphatic rings. The molecule has 3 aromatic heterocycles. The van der Waals surface area contributed by atoms with E-state index in [9.17, 15) is 4.79 Å². The topological polar surface area (TPSA) is 59.8 Å². The summed E-state index contributed by atoms with van der Waals surface area (Å²) in [6.45, 7) is 2.89. The van der Waals surface area contributed by atoms with E-state index in [0.29, 0.717) is 28.1 Å². The van der Waals surface area contributed by atoms with E-state index in [1.54, 1.807) is 12.3 Å². The van der Waals surface area contributed by atoms with Crippen LogP contribution in [0.25, 0.3) is 10.2 Å². The van der Waals surface area contributed by atoms with Gasteiger partial charge in [0.05, 0.1) is 17.1 Å². The second kappa shape index (κ2) is 7.91. The molecule has 0 aliphatic heterocycles. The quantitative estimate of drug-likeness (QED) is 0.448. The second-order valence-corrected chi connectivity index (χ2v) is 8.16. The maximum Gasteiger partial charge on any atom is 0.261 e. The zero-order valence-corrected chi connectivity index (χ0v) is 17.3. The smallest absolute Gasteiger partial charge is 0.261 e. The minimum Gasteiger partial charge on any atom is -0.347 e. The van der Waals surface area contributed by atoms with Crippen molar-refractivity contribution in [3.05, 3.63) is 80.5 Å². The summed E-state index contributed by atoms with van der Waals surface area (Å²) in [5.41, 5.74) is 2.77. The van der Waals surface area contributed by atoms with Crippen LogP contribution in [-0.4, -0.2) is 20.7 Å². The normalized spacial score (nSPS) is 11.1. The van der Waals surface area contributed by atoms with Crippen molar-refractivity contribution in [3.8, 4) is 0 Å². The number of nitrogens with one attached hydrogen (secondary N) is 1. The van der Waals surface area contributed by atoms with E-state index in [4.69, 9.17) is 23.2 Å². The Bertz CT molecular complexity index is 1150. The molecule has 0 atom stereocenters. The third kappa shape index (κ3) is 3.90. The molecule has 28 heavy (non-hydrogen) atoms. The van der Waals surface area contributed by atoms with Crippen molar-refractivity contribution in [1.29, 1.82) is 0 Å². The van der Waals surface area contributed by atoms with Crippen LogP contribution in [0, 0.1) is 6.92 Å². The van der Waals surface area contributed by atoms with Gasteiger partial charge in [-0.25, -0.2) is 4.98 Å². The number of pyridine rings is 1. The van der Waals surface area contributed by atoms with E-state index in [-0.39, 0.29) is 5.91 Å². The number of amides is 1. The van der Waals surface area contributed by atoms with Crippen LogP contribution < -0.4 is 5.32 Å². The molecule has 142 valence electrons. The van der Waals surface area contributed by atoms with Crippen molar-refractivity contribution in [2.75, 3.05) is 0 Å². The van der Waals surface area contributed by atoms with Gasteiger partial charge in [0.25, 0.3) is 5.91 Å². The van der Waals surface area contributed by atoms with Crippen LogP contribution in [0.2, 0.25) is 10.2 Å². The fraction of sp³-hybridized carbons (Fsp3) is 0.150. The van der Waals surface area contributed by atoms with Crippen molar-refractivity contribution < 1.29 is 4.79 Å². The molecule has 0 spiro atoms. The van der Waals surface area contributed by atoms with Gasteiger partial charge < -0.3 is 5.32 Å². The number of hydrogen-bond donors (Lipinski definition) is 1. The van der Waals surface area contributed by atoms with Gasteiger partial charge in [0.2, 0.25) is 0 Å². The van der Waals surface area contributed by atoms with Crippen LogP contribution in [0.5, 0.6) is 0 Å². The number of fused-ring (bicyclic) bond motifs is 1. The molecule has 5 nitrogen and oxygen atoms in total. The molecular formula is C20H16Cl2N4OS. The first-order valence-electron chi connectivity index (χ1n) is 8.60. The van der Waals surface area contributed by atoms with E-state index in [0.717, 1.165) is 27.0 Å². The van der Waals surface area contributed by atoms with E-state index < -0.39 is 0 Å². The van der Waals surface area contributed by atoms with Crippen LogP contribution in [-0.2, 0) is 13.1 Å². The fourth-order valence-electron chi connectivity index (χ4n) is 2.90. The Morgan fingerprint density at radius 2 is 2.04 bits per heavy atom. The number of nitrogens with zero attached hydrogens (tertiary/aromatic N) is 3. The maximum atomic E-state index is 12.6. The van der Waals surface area contributed by atoms with E-state index in [1.807, 2.05) is 48.0 Å². The molecule has 0 bridgehead atoms. The predicted octanol–water partition coefficient (Wildman–Crippen LogP) is 5.09. The molecule has 0 fully saturated rings. The molecule has 4 aromatic rings. The average molecular weight is 431 g/mol. The first kappa shape index (κ1) is 18.9. The third-order valence-corrected chi connectivity index (χ3v) is 6.09. The lowest BCUT2D eigenvalue weighted by atomic mass is 10.2. The van der Waals surface area contributed by atoms with Crippen LogP contribution in [0.3, 0.4) is 0 Å². The second-order valence-electron chi connectivity index (χ2n) is 6.34. The maximum absolute atomic E-state index is 12.6. The molecule has 3 heterocycles. The van der Waals surface area contributed by atoms with E-state index in [2.05, 4.69) is 15.4 Å². The summed E-state index contributed by atoms with van der Waals surface area (Å²) < 4.78 is 1.90. The highest BCUT2D eigenvalue weighted by molar-refractivity contribution is 7.20. The van der Waals surface area contributed by atoms with Gasteiger partial charge in [-0.3, -0.25) is 9.48 Å². The van der Waals surface area contributed by atoms with Gasteiger partial charge in [-0.05, 0) is 36.2 Å². The fourth-order valence-corrected chi connectivity index (χ4v) is 4.28. The lowest BCUT2D eigenvalue weighted by Crippen LogP contribution is -2.21. The Morgan fingerprint density at radius 1 is 1.21 bits per heavy atom. The van der Waals surface area contributed by atoms with Gasteiger partial charge in [-0.15, -0.1) is 11.3 Å². The highest BCUT2D eigenvalue weighted by Gasteiger charge is 2.17. The Balaban J connectivity index is 1.55. The number of carbonyl (C=O) groups is 1. The number of benzene rings is 1. The summed E-state index contributed by atoms with van der Waals surface area (Å²) in [6.07, 6.45) is 1.65. The number of aromatic nitrogens is 3. The largest absolute Gasteiger partial charge is 0.347 e. The average Bonchev–Trinajstić information content (AvgIpc) is 3.24. The van der Waals surface area contributed by atoms with Gasteiger partial charge in [0.15, 0.2) is 0 Å². The SMILES string of the molecule is Cc1nn(Cc2ccccc2Cl)c2sc(C(=O)NCc3ccc(Cl)nc3)cc12. The lowest BCUT2D eigenvalue weighted by Gasteiger charge is -2.05. The molecule has 0 radical (unpaired) electrons. The van der Waals surface area contributed by atoms with Gasteiger partial charge in [-0.1, -0.05) is 47.5 Å². The monoisotopic (exact) mass is 430 g/mol. The van der Waals surface area contributed by atoms with Crippen LogP contribution in [0.15, 0.2) is 48.7 Å². The lowest BCUT2D eigenvalue weighted by molar-refractivity contribution is 0.0955. The highest BCUT2D eigenvalue weighted by Crippen LogP contribution is 2.29. The molecule has 1 N–H and O–H groups in total. The molecule has 1 aromatic carbocycles. The van der Waals surface area contributed by atoms with Crippen molar-refractivity contribution >= 4 is 50.7 Å². The Hall–Kier alpha value is -2.41. The Kier molecular flexibility index (Phi) is 5.35. The number of thiophene rings is 1. The van der Waals surface area contributed by atoms with Gasteiger partial charge in [-0.2, -0.15) is 5.10 Å². The van der Waals surface area contributed by atoms with Gasteiger partial charge in [0, 0.05) is 23.2 Å². The molecule has 1 amide bonds. The minimum atomic E-state index is -0.125. The number of aryl methyl sites for hydroxylation is 1. The van der Waals surface area contributed by atoms with Gasteiger partial charge in [0.1, 0.15) is 9.98 Å². The molecule has 8 heteroatoms. The van der Waals surface area contributed by atoms with E-state index >= 15 is 0 Å². The predicted molar refractivity (Wildman–Crippen MR) is 113 cm³/mol. The standard InChI is InChI=1S/C20H16Cl2N4OS/c1-12-15-8-17(19(27)24-10-13-6-7-18(22)23-9-13)28-20(15)26(25-12)11-14-4-2-3-5-16(14)21/h2-9H,10-11H2,1H3,(H,24,27). The summed E-state index contributed by atoms with van der Waals surface area (Å²) in [5, 5.41) is 9.64. The zero-order valence-electron chi connectivity index (χ0n) is 14.9. The number of halogens is 2. The number of hydrogen-bond acceptors (Lipinski definition) is 4. The summed E-state index contributed by atoms with van der Waals surface area (Å²) in [7, 11) is 0. The Labute approximate surface area is 175 Å². The van der Waals surface area contributed by atoms with Crippen LogP contribution in [0.1, 0.15) is 26.5 Å². The summed E-state index contributed by atoms with van der Waals surface area (Å²) in [6, 6.07) is 13.1. The Morgan fingerprint density at radius 3 is 2.79 bits per heavy atom. The first-order chi connectivity index (χ1) is 13.5. The molecule has 0 aliphatic carbocycles. The summed E-state index contributed by atoms with van der Waals surface area (Å²) >= 11 is 13.5. The third-order valence-electron chi connectivity index (χ3n) is 4.35. The van der Waals surface area contributed by atoms with E-state index in [1.165, 1.54) is 11.3 Å². The van der Waals surface area contributed by atoms with Gasteiger partial charge >= 0.3 is 0 Å². The minimum absolute atomic E-state index is 0.125. The molecule has 0 unspecified atom stereocenters. The van der Waals surface area contributed by atoms with Crippen molar-refractivity contribution in [1.82, 2.24) is 20.1 Å². The summed E-state index contributed by atoms with van der Waals surface area (Å²) in [5.74, 6) is -0.125. The molecule has 4 rings (SSSR count). The van der Waals surface area contributed by atoms with Crippen molar-refractivity contribution in [2.45, 2.75) is 20.0 Å². The highest BCUT2D eigenvalue weighted by atomic mass is 35.5. The van der Waals surface area contributed by atoms with Crippen molar-refractivity contribution in [2.24, 2.45) is 0 Å². The molecular weight excluding hydrogens is 415 g/mol. The summed E-state index contributed by atoms with van der Waals surface area (Å²) in [4.78, 5) is 18.2. The number of carbonyl (C=O) groups excluding carboxylic acids is 1. The van der Waals surface area contributed by atoms with Crippen LogP contribution >= 0.6 is 34.5 Å². The van der Waals surface area contributed by atoms with Crippen LogP contribution in [0.4, 0.5) is 0 Å². The molecule has 0 saturated carbocycles. The molecule has 0 saturated heterocycles. The first-order valence-corrected chi connectivity index (χ1v) is 10.2. The van der Waals surface area contributed by atoms with Crippen molar-refractivity contribution in [3.63, 3.8) is 0 Å².